The molecule has 0 heterocycles. The second-order valence-corrected chi connectivity index (χ2v) is 6.83. The lowest BCUT2D eigenvalue weighted by atomic mass is 10.2. The van der Waals surface area contributed by atoms with Crippen molar-refractivity contribution in [2.75, 3.05) is 39.3 Å². The van der Waals surface area contributed by atoms with Crippen molar-refractivity contribution in [2.45, 2.75) is 64.2 Å². The van der Waals surface area contributed by atoms with Crippen LogP contribution in [0.25, 0.3) is 0 Å². The van der Waals surface area contributed by atoms with Crippen molar-refractivity contribution in [1.29, 1.82) is 0 Å². The highest BCUT2D eigenvalue weighted by atomic mass is 16.6. The number of esters is 2. The van der Waals surface area contributed by atoms with Crippen molar-refractivity contribution in [3.8, 4) is 0 Å². The molecule has 31 heavy (non-hydrogen) atoms. The predicted octanol–water partition coefficient (Wildman–Crippen LogP) is 0.209. The van der Waals surface area contributed by atoms with Gasteiger partial charge in [0.2, 0.25) is 0 Å². The maximum absolute atomic E-state index is 11.0. The molecular weight excluding hydrogens is 408 g/mol. The molecule has 182 valence electrons. The zero-order chi connectivity index (χ0) is 23.7. The van der Waals surface area contributed by atoms with Crippen LogP contribution in [-0.4, -0.2) is 73.4 Å². The van der Waals surface area contributed by atoms with Gasteiger partial charge < -0.3 is 37.1 Å². The van der Waals surface area contributed by atoms with Gasteiger partial charge in [0.15, 0.2) is 0 Å². The molecular formula is C20H40N4O7. The van der Waals surface area contributed by atoms with Crippen LogP contribution in [0.15, 0.2) is 0 Å². The van der Waals surface area contributed by atoms with Crippen molar-refractivity contribution in [2.24, 2.45) is 11.5 Å². The van der Waals surface area contributed by atoms with Crippen LogP contribution in [0.5, 0.6) is 0 Å². The summed E-state index contributed by atoms with van der Waals surface area (Å²) in [4.78, 5) is 42.2. The number of hydrogen-bond donors (Lipinski definition) is 6. The highest BCUT2D eigenvalue weighted by Crippen LogP contribution is 2.02. The van der Waals surface area contributed by atoms with Gasteiger partial charge in [-0.1, -0.05) is 0 Å². The molecule has 0 aromatic carbocycles. The molecule has 0 aromatic heterocycles. The summed E-state index contributed by atoms with van der Waals surface area (Å²) in [6.45, 7) is 5.90. The molecule has 0 saturated carbocycles. The zero-order valence-corrected chi connectivity index (χ0v) is 18.4. The second-order valence-electron chi connectivity index (χ2n) is 6.83. The first-order valence-electron chi connectivity index (χ1n) is 10.8. The Morgan fingerprint density at radius 1 is 0.581 bits per heavy atom. The summed E-state index contributed by atoms with van der Waals surface area (Å²) >= 11 is 0. The van der Waals surface area contributed by atoms with Gasteiger partial charge in [-0.25, -0.2) is 0 Å². The lowest BCUT2D eigenvalue weighted by Crippen LogP contribution is -2.22. The fourth-order valence-corrected chi connectivity index (χ4v) is 2.20. The number of nitrogens with two attached hydrogens (primary N) is 2. The van der Waals surface area contributed by atoms with Gasteiger partial charge in [-0.15, -0.1) is 0 Å². The van der Waals surface area contributed by atoms with Crippen LogP contribution >= 0.6 is 0 Å². The topological polar surface area (TPSA) is 194 Å². The molecule has 0 aliphatic carbocycles. The van der Waals surface area contributed by atoms with Crippen LogP contribution in [0.3, 0.4) is 0 Å². The molecule has 0 amide bonds. The lowest BCUT2D eigenvalue weighted by molar-refractivity contribution is -0.159. The van der Waals surface area contributed by atoms with E-state index in [2.05, 4.69) is 15.4 Å². The van der Waals surface area contributed by atoms with Gasteiger partial charge in [-0.3, -0.25) is 19.2 Å². The normalized spacial score (nSPS) is 10.1. The molecule has 0 bridgehead atoms. The highest BCUT2D eigenvalue weighted by Gasteiger charge is 2.11. The summed E-state index contributed by atoms with van der Waals surface area (Å²) in [6, 6.07) is 0. The molecule has 11 heteroatoms. The molecule has 0 radical (unpaired) electrons. The van der Waals surface area contributed by atoms with Gasteiger partial charge in [-0.2, -0.15) is 0 Å². The largest absolute Gasteiger partial charge is 0.481 e. The summed E-state index contributed by atoms with van der Waals surface area (Å²) in [5.41, 5.74) is 10.8. The number of nitrogens with one attached hydrogen (secondary N) is 2. The fourth-order valence-electron chi connectivity index (χ4n) is 2.20. The monoisotopic (exact) mass is 448 g/mol. The summed E-state index contributed by atoms with van der Waals surface area (Å²) in [5.74, 6) is -3.62. The van der Waals surface area contributed by atoms with Crippen molar-refractivity contribution in [1.82, 2.24) is 10.6 Å². The Morgan fingerprint density at radius 2 is 0.935 bits per heavy atom. The zero-order valence-electron chi connectivity index (χ0n) is 18.4. The Balaban J connectivity index is 0. The van der Waals surface area contributed by atoms with Gasteiger partial charge in [0.05, 0.1) is 0 Å². The number of carboxylic acid groups (broad SMARTS) is 2. The average Bonchev–Trinajstić information content (AvgIpc) is 2.69. The fraction of sp³-hybridized carbons (Fsp3) is 0.800. The number of unbranched alkanes of at least 4 members (excludes halogenated alkanes) is 1. The number of carbonyl (C=O) groups excluding carboxylic acids is 2. The molecule has 0 aliphatic heterocycles. The van der Waals surface area contributed by atoms with Gasteiger partial charge in [0.1, 0.15) is 0 Å². The van der Waals surface area contributed by atoms with E-state index < -0.39 is 23.9 Å². The minimum absolute atomic E-state index is 0.108. The molecule has 0 fully saturated rings. The van der Waals surface area contributed by atoms with Crippen LogP contribution in [0.4, 0.5) is 0 Å². The number of hydrogen-bond acceptors (Lipinski definition) is 9. The lowest BCUT2D eigenvalue weighted by Gasteiger charge is -2.04. The third-order valence-electron chi connectivity index (χ3n) is 3.84. The Hall–Kier alpha value is -2.08. The maximum atomic E-state index is 11.0. The van der Waals surface area contributed by atoms with Crippen molar-refractivity contribution >= 4 is 23.9 Å². The first kappa shape index (κ1) is 31.1. The van der Waals surface area contributed by atoms with Gasteiger partial charge >= 0.3 is 23.9 Å². The first-order chi connectivity index (χ1) is 14.8. The molecule has 0 aliphatic rings. The predicted molar refractivity (Wildman–Crippen MR) is 116 cm³/mol. The Labute approximate surface area is 184 Å². The standard InChI is InChI=1S/C10H26N4.C10H14O7/c11-5-3-9-13-7-1-2-8-14-10-4-6-12;11-7(12)3-1-5-9(15)17-10(16)6-2-4-8(13)14/h13-14H,1-12H2;1-6H2,(H,11,12)(H,13,14). The number of carboxylic acids is 2. The van der Waals surface area contributed by atoms with Crippen molar-refractivity contribution in [3.05, 3.63) is 0 Å². The molecule has 0 atom stereocenters. The molecule has 0 rings (SSSR count). The quantitative estimate of drug-likeness (QED) is 0.0898. The average molecular weight is 449 g/mol. The van der Waals surface area contributed by atoms with Crippen LogP contribution in [-0.2, 0) is 23.9 Å². The molecule has 0 spiro atoms. The highest BCUT2D eigenvalue weighted by molar-refractivity contribution is 5.85. The Bertz CT molecular complexity index is 448. The van der Waals surface area contributed by atoms with E-state index in [-0.39, 0.29) is 38.5 Å². The summed E-state index contributed by atoms with van der Waals surface area (Å²) in [6.07, 6.45) is 4.23. The van der Waals surface area contributed by atoms with Gasteiger partial charge in [0.25, 0.3) is 0 Å². The molecule has 8 N–H and O–H groups in total. The number of aliphatic carboxylic acids is 2. The second kappa shape index (κ2) is 24.2. The van der Waals surface area contributed by atoms with E-state index in [1.165, 1.54) is 12.8 Å². The van der Waals surface area contributed by atoms with Crippen LogP contribution in [0, 0.1) is 0 Å². The third-order valence-corrected chi connectivity index (χ3v) is 3.84. The maximum Gasteiger partial charge on any atom is 0.313 e. The number of rotatable bonds is 19. The smallest absolute Gasteiger partial charge is 0.313 e. The van der Waals surface area contributed by atoms with E-state index in [4.69, 9.17) is 21.7 Å². The molecule has 0 aromatic rings. The molecule has 11 nitrogen and oxygen atoms in total. The summed E-state index contributed by atoms with van der Waals surface area (Å²) < 4.78 is 4.35. The van der Waals surface area contributed by atoms with Crippen molar-refractivity contribution in [3.63, 3.8) is 0 Å². The number of carbonyl (C=O) groups is 4. The Morgan fingerprint density at radius 3 is 1.26 bits per heavy atom. The summed E-state index contributed by atoms with van der Waals surface area (Å²) in [5, 5.41) is 23.3. The summed E-state index contributed by atoms with van der Waals surface area (Å²) in [7, 11) is 0. The van der Waals surface area contributed by atoms with Gasteiger partial charge in [0, 0.05) is 25.7 Å². The van der Waals surface area contributed by atoms with E-state index in [0.717, 1.165) is 52.1 Å². The molecule has 0 saturated heterocycles. The SMILES string of the molecule is NCCCNCCCCNCCCN.O=C(O)CCCC(=O)OC(=O)CCCC(=O)O. The van der Waals surface area contributed by atoms with E-state index >= 15 is 0 Å². The van der Waals surface area contributed by atoms with Crippen LogP contribution in [0.2, 0.25) is 0 Å². The van der Waals surface area contributed by atoms with E-state index in [1.807, 2.05) is 0 Å². The third kappa shape index (κ3) is 30.2. The molecule has 0 unspecified atom stereocenters. The van der Waals surface area contributed by atoms with E-state index in [1.54, 1.807) is 0 Å². The van der Waals surface area contributed by atoms with E-state index in [9.17, 15) is 19.2 Å². The minimum atomic E-state index is -1.02. The van der Waals surface area contributed by atoms with Crippen molar-refractivity contribution < 1.29 is 34.1 Å². The van der Waals surface area contributed by atoms with Crippen LogP contribution < -0.4 is 22.1 Å². The number of ether oxygens (including phenoxy) is 1. The Kier molecular flexibility index (Phi) is 24.3. The minimum Gasteiger partial charge on any atom is -0.481 e. The van der Waals surface area contributed by atoms with E-state index in [0.29, 0.717) is 0 Å². The van der Waals surface area contributed by atoms with Gasteiger partial charge in [-0.05, 0) is 77.8 Å². The van der Waals surface area contributed by atoms with Crippen LogP contribution in [0.1, 0.15) is 64.2 Å². The first-order valence-corrected chi connectivity index (χ1v) is 10.8.